The van der Waals surface area contributed by atoms with Gasteiger partial charge < -0.3 is 10.1 Å². The number of anilines is 1. The molecule has 2 rings (SSSR count). The third-order valence-electron chi connectivity index (χ3n) is 2.73. The highest BCUT2D eigenvalue weighted by Crippen LogP contribution is 2.29. The van der Waals surface area contributed by atoms with Crippen LogP contribution >= 0.6 is 27.5 Å². The second-order valence-electron chi connectivity index (χ2n) is 4.89. The number of ether oxygens (including phenoxy) is 1. The highest BCUT2D eigenvalue weighted by Gasteiger charge is 2.12. The van der Waals surface area contributed by atoms with Gasteiger partial charge in [0.2, 0.25) is 0 Å². The average molecular weight is 387 g/mol. The summed E-state index contributed by atoms with van der Waals surface area (Å²) in [5, 5.41) is 3.12. The molecule has 0 radical (unpaired) electrons. The van der Waals surface area contributed by atoms with Crippen LogP contribution in [0, 0.1) is 5.82 Å². The Bertz CT molecular complexity index is 707. The molecule has 0 aliphatic heterocycles. The molecule has 0 unspecified atom stereocenters. The van der Waals surface area contributed by atoms with Gasteiger partial charge in [-0.3, -0.25) is 4.79 Å². The Labute approximate surface area is 141 Å². The van der Waals surface area contributed by atoms with Crippen LogP contribution in [0.5, 0.6) is 5.75 Å². The van der Waals surface area contributed by atoms with Crippen LogP contribution in [0.25, 0.3) is 0 Å². The van der Waals surface area contributed by atoms with Crippen molar-refractivity contribution in [1.29, 1.82) is 0 Å². The van der Waals surface area contributed by atoms with Gasteiger partial charge in [-0.05, 0) is 66.2 Å². The Kier molecular flexibility index (Phi) is 5.42. The van der Waals surface area contributed by atoms with Gasteiger partial charge >= 0.3 is 0 Å². The molecule has 0 saturated carbocycles. The Morgan fingerprint density at radius 3 is 2.59 bits per heavy atom. The first kappa shape index (κ1) is 16.8. The predicted octanol–water partition coefficient (Wildman–Crippen LogP) is 5.28. The molecule has 22 heavy (non-hydrogen) atoms. The molecule has 2 aromatic rings. The maximum atomic E-state index is 13.0. The van der Waals surface area contributed by atoms with E-state index in [4.69, 9.17) is 16.3 Å². The zero-order valence-corrected chi connectivity index (χ0v) is 14.3. The molecule has 2 aromatic carbocycles. The number of benzene rings is 2. The smallest absolute Gasteiger partial charge is 0.256 e. The molecule has 3 nitrogen and oxygen atoms in total. The van der Waals surface area contributed by atoms with Gasteiger partial charge in [0.25, 0.3) is 5.91 Å². The number of carbonyl (C=O) groups excluding carboxylic acids is 1. The highest BCUT2D eigenvalue weighted by atomic mass is 79.9. The fourth-order valence-corrected chi connectivity index (χ4v) is 2.56. The maximum absolute atomic E-state index is 13.0. The number of hydrogen-bond acceptors (Lipinski definition) is 2. The van der Waals surface area contributed by atoms with Crippen LogP contribution in [0.3, 0.4) is 0 Å². The number of rotatable bonds is 4. The predicted molar refractivity (Wildman–Crippen MR) is 89.3 cm³/mol. The first-order valence-electron chi connectivity index (χ1n) is 6.59. The van der Waals surface area contributed by atoms with Gasteiger partial charge in [-0.2, -0.15) is 0 Å². The van der Waals surface area contributed by atoms with Crippen molar-refractivity contribution in [2.24, 2.45) is 0 Å². The van der Waals surface area contributed by atoms with Gasteiger partial charge in [0.1, 0.15) is 11.6 Å². The van der Waals surface area contributed by atoms with Crippen molar-refractivity contribution in [2.45, 2.75) is 20.0 Å². The molecule has 0 bridgehead atoms. The SMILES string of the molecule is CC(C)Oc1ccc(NC(=O)c2ccc(F)cc2Br)cc1Cl. The molecule has 0 aliphatic carbocycles. The molecular weight excluding hydrogens is 373 g/mol. The van der Waals surface area contributed by atoms with E-state index in [0.29, 0.717) is 26.5 Å². The molecule has 0 spiro atoms. The molecule has 0 fully saturated rings. The van der Waals surface area contributed by atoms with E-state index < -0.39 is 5.82 Å². The van der Waals surface area contributed by atoms with E-state index in [1.807, 2.05) is 13.8 Å². The third kappa shape index (κ3) is 4.21. The summed E-state index contributed by atoms with van der Waals surface area (Å²) in [7, 11) is 0. The number of hydrogen-bond donors (Lipinski definition) is 1. The molecule has 0 saturated heterocycles. The summed E-state index contributed by atoms with van der Waals surface area (Å²) in [5.74, 6) is -0.222. The molecule has 1 amide bonds. The Morgan fingerprint density at radius 2 is 2.00 bits per heavy atom. The summed E-state index contributed by atoms with van der Waals surface area (Å²) in [6, 6.07) is 8.87. The van der Waals surface area contributed by atoms with Crippen molar-refractivity contribution in [1.82, 2.24) is 0 Å². The molecule has 0 aliphatic rings. The monoisotopic (exact) mass is 385 g/mol. The summed E-state index contributed by atoms with van der Waals surface area (Å²) in [6.45, 7) is 3.80. The minimum atomic E-state index is -0.415. The standard InChI is InChI=1S/C16H14BrClFNO2/c1-9(2)22-15-6-4-11(8-14(15)18)20-16(21)12-5-3-10(19)7-13(12)17/h3-9H,1-2H3,(H,20,21). The van der Waals surface area contributed by atoms with Crippen LogP contribution in [0.2, 0.25) is 5.02 Å². The first-order chi connectivity index (χ1) is 10.4. The van der Waals surface area contributed by atoms with Crippen LogP contribution in [0.4, 0.5) is 10.1 Å². The number of nitrogens with one attached hydrogen (secondary N) is 1. The molecule has 6 heteroatoms. The third-order valence-corrected chi connectivity index (χ3v) is 3.68. The van der Waals surface area contributed by atoms with E-state index in [1.54, 1.807) is 18.2 Å². The zero-order chi connectivity index (χ0) is 16.3. The quantitative estimate of drug-likeness (QED) is 0.776. The van der Waals surface area contributed by atoms with Crippen LogP contribution in [-0.4, -0.2) is 12.0 Å². The highest BCUT2D eigenvalue weighted by molar-refractivity contribution is 9.10. The normalized spacial score (nSPS) is 10.6. The van der Waals surface area contributed by atoms with Gasteiger partial charge in [-0.15, -0.1) is 0 Å². The number of amides is 1. The van der Waals surface area contributed by atoms with E-state index in [1.165, 1.54) is 18.2 Å². The van der Waals surface area contributed by atoms with E-state index in [9.17, 15) is 9.18 Å². The minimum Gasteiger partial charge on any atom is -0.489 e. The Hall–Kier alpha value is -1.59. The second-order valence-corrected chi connectivity index (χ2v) is 6.15. The summed E-state index contributed by atoms with van der Waals surface area (Å²) in [4.78, 5) is 12.2. The maximum Gasteiger partial charge on any atom is 0.256 e. The minimum absolute atomic E-state index is 0.00751. The largest absolute Gasteiger partial charge is 0.489 e. The van der Waals surface area contributed by atoms with Gasteiger partial charge in [-0.25, -0.2) is 4.39 Å². The summed E-state index contributed by atoms with van der Waals surface area (Å²) < 4.78 is 19.0. The molecule has 0 aromatic heterocycles. The Balaban J connectivity index is 2.16. The fourth-order valence-electron chi connectivity index (χ4n) is 1.80. The summed E-state index contributed by atoms with van der Waals surface area (Å²) >= 11 is 9.29. The van der Waals surface area contributed by atoms with Crippen LogP contribution in [0.15, 0.2) is 40.9 Å². The van der Waals surface area contributed by atoms with Crippen molar-refractivity contribution < 1.29 is 13.9 Å². The lowest BCUT2D eigenvalue weighted by molar-refractivity contribution is 0.102. The molecular formula is C16H14BrClFNO2. The number of carbonyl (C=O) groups is 1. The van der Waals surface area contributed by atoms with Gasteiger partial charge in [0, 0.05) is 10.2 Å². The van der Waals surface area contributed by atoms with Gasteiger partial charge in [-0.1, -0.05) is 11.6 Å². The van der Waals surface area contributed by atoms with E-state index in [0.717, 1.165) is 0 Å². The van der Waals surface area contributed by atoms with Crippen LogP contribution in [0.1, 0.15) is 24.2 Å². The molecule has 1 N–H and O–H groups in total. The lowest BCUT2D eigenvalue weighted by atomic mass is 10.2. The summed E-state index contributed by atoms with van der Waals surface area (Å²) in [6.07, 6.45) is 0.00751. The fraction of sp³-hybridized carbons (Fsp3) is 0.188. The van der Waals surface area contributed by atoms with E-state index in [-0.39, 0.29) is 12.0 Å². The van der Waals surface area contributed by atoms with Crippen molar-refractivity contribution in [3.63, 3.8) is 0 Å². The zero-order valence-electron chi connectivity index (χ0n) is 12.0. The average Bonchev–Trinajstić information content (AvgIpc) is 2.41. The number of halogens is 3. The van der Waals surface area contributed by atoms with Crippen molar-refractivity contribution in [3.05, 3.63) is 57.3 Å². The topological polar surface area (TPSA) is 38.3 Å². The second kappa shape index (κ2) is 7.11. The Morgan fingerprint density at radius 1 is 1.27 bits per heavy atom. The molecule has 116 valence electrons. The van der Waals surface area contributed by atoms with Gasteiger partial charge in [0.05, 0.1) is 16.7 Å². The van der Waals surface area contributed by atoms with E-state index in [2.05, 4.69) is 21.2 Å². The van der Waals surface area contributed by atoms with Crippen LogP contribution in [-0.2, 0) is 0 Å². The van der Waals surface area contributed by atoms with Crippen molar-refractivity contribution >= 4 is 39.1 Å². The first-order valence-corrected chi connectivity index (χ1v) is 7.76. The lowest BCUT2D eigenvalue weighted by Gasteiger charge is -2.13. The molecule has 0 heterocycles. The van der Waals surface area contributed by atoms with Crippen molar-refractivity contribution in [2.75, 3.05) is 5.32 Å². The summed E-state index contributed by atoms with van der Waals surface area (Å²) in [5.41, 5.74) is 0.863. The van der Waals surface area contributed by atoms with Crippen molar-refractivity contribution in [3.8, 4) is 5.75 Å². The van der Waals surface area contributed by atoms with Crippen LogP contribution < -0.4 is 10.1 Å². The lowest BCUT2D eigenvalue weighted by Crippen LogP contribution is -2.13. The van der Waals surface area contributed by atoms with Gasteiger partial charge in [0.15, 0.2) is 0 Å². The molecule has 0 atom stereocenters. The van der Waals surface area contributed by atoms with E-state index >= 15 is 0 Å².